The molecule has 5 rings (SSSR count). The Bertz CT molecular complexity index is 1550. The summed E-state index contributed by atoms with van der Waals surface area (Å²) >= 11 is 0. The molecule has 44 heavy (non-hydrogen) atoms. The number of hydrogen-bond acceptors (Lipinski definition) is 9. The van der Waals surface area contributed by atoms with Gasteiger partial charge in [0.05, 0.1) is 24.4 Å². The van der Waals surface area contributed by atoms with Crippen molar-refractivity contribution < 1.29 is 28.7 Å². The van der Waals surface area contributed by atoms with Crippen molar-refractivity contribution in [3.8, 4) is 0 Å². The van der Waals surface area contributed by atoms with E-state index in [0.29, 0.717) is 48.4 Å². The van der Waals surface area contributed by atoms with Crippen LogP contribution in [-0.4, -0.2) is 41.5 Å². The Balaban J connectivity index is 1.57. The number of benzene rings is 2. The first-order valence-corrected chi connectivity index (χ1v) is 16.1. The van der Waals surface area contributed by atoms with Crippen molar-refractivity contribution in [2.45, 2.75) is 91.5 Å². The molecule has 0 unspecified atom stereocenters. The Morgan fingerprint density at radius 3 is 1.82 bits per heavy atom. The highest BCUT2D eigenvalue weighted by Crippen LogP contribution is 2.35. The van der Waals surface area contributed by atoms with E-state index in [1.807, 2.05) is 30.3 Å². The maximum Gasteiger partial charge on any atom is 0.334 e. The van der Waals surface area contributed by atoms with Gasteiger partial charge < -0.3 is 29.4 Å². The summed E-state index contributed by atoms with van der Waals surface area (Å²) in [4.78, 5) is 34.3. The van der Waals surface area contributed by atoms with E-state index in [1.54, 1.807) is 13.8 Å². The first kappa shape index (κ1) is 31.3. The second-order valence-corrected chi connectivity index (χ2v) is 11.8. The van der Waals surface area contributed by atoms with Crippen molar-refractivity contribution in [1.82, 2.24) is 4.57 Å². The molecule has 1 heterocycles. The fourth-order valence-corrected chi connectivity index (χ4v) is 6.24. The van der Waals surface area contributed by atoms with Gasteiger partial charge in [-0.25, -0.2) is 9.59 Å². The van der Waals surface area contributed by atoms with E-state index < -0.39 is 11.9 Å². The lowest BCUT2D eigenvalue weighted by Crippen LogP contribution is -2.15. The molecule has 10 nitrogen and oxygen atoms in total. The van der Waals surface area contributed by atoms with Gasteiger partial charge in [-0.05, 0) is 85.1 Å². The second-order valence-electron chi connectivity index (χ2n) is 11.8. The number of nitrogens with two attached hydrogens (primary N) is 1. The van der Waals surface area contributed by atoms with Gasteiger partial charge in [0, 0.05) is 46.8 Å². The monoisotopic (exact) mass is 604 g/mol. The lowest BCUT2D eigenvalue weighted by molar-refractivity contribution is -0.144. The van der Waals surface area contributed by atoms with Crippen LogP contribution in [0.5, 0.6) is 0 Å². The number of ether oxygens (including phenoxy) is 2. The van der Waals surface area contributed by atoms with Crippen molar-refractivity contribution in [3.63, 3.8) is 0 Å². The average Bonchev–Trinajstić information content (AvgIpc) is 3.82. The molecule has 236 valence electrons. The first-order chi connectivity index (χ1) is 21.4. The van der Waals surface area contributed by atoms with Crippen LogP contribution in [0, 0.1) is 11.8 Å². The molecule has 0 spiro atoms. The van der Waals surface area contributed by atoms with Crippen LogP contribution in [-0.2, 0) is 35.3 Å². The van der Waals surface area contributed by atoms with Crippen molar-refractivity contribution in [2.24, 2.45) is 22.1 Å². The van der Waals surface area contributed by atoms with Gasteiger partial charge in [-0.2, -0.15) is 0 Å². The first-order valence-electron chi connectivity index (χ1n) is 16.1. The molecule has 3 aromatic rings. The standard InChI is InChI=1S/C34H44N4O6/c1-4-30(39)43-36-33(41-20-22-11-7-8-12-22)24-15-16-29-26(17-24)27-18-25(19-28(35)32(27)38(29)6-3)34(37-44-31(40)5-2)42-21-23-13-9-10-14-23/h15-19,22-23H,4-14,20-21,35H2,1-3H3/b36-33-,37-34-. The summed E-state index contributed by atoms with van der Waals surface area (Å²) < 4.78 is 14.5. The van der Waals surface area contributed by atoms with Gasteiger partial charge in [0.25, 0.3) is 11.8 Å². The van der Waals surface area contributed by atoms with E-state index >= 15 is 0 Å². The summed E-state index contributed by atoms with van der Waals surface area (Å²) in [7, 11) is 0. The van der Waals surface area contributed by atoms with Crippen molar-refractivity contribution in [2.75, 3.05) is 18.9 Å². The van der Waals surface area contributed by atoms with Crippen LogP contribution in [0.4, 0.5) is 5.69 Å². The van der Waals surface area contributed by atoms with Crippen LogP contribution in [0.1, 0.15) is 96.1 Å². The van der Waals surface area contributed by atoms with Gasteiger partial charge in [-0.3, -0.25) is 0 Å². The maximum absolute atomic E-state index is 12.0. The number of hydrogen-bond donors (Lipinski definition) is 1. The predicted molar refractivity (Wildman–Crippen MR) is 171 cm³/mol. The van der Waals surface area contributed by atoms with Gasteiger partial charge >= 0.3 is 11.9 Å². The Hall–Kier alpha value is -4.08. The zero-order valence-corrected chi connectivity index (χ0v) is 26.1. The molecule has 0 saturated heterocycles. The molecule has 2 aliphatic rings. The number of carbonyl (C=O) groups is 2. The van der Waals surface area contributed by atoms with E-state index in [-0.39, 0.29) is 24.6 Å². The van der Waals surface area contributed by atoms with Gasteiger partial charge in [0.1, 0.15) is 0 Å². The minimum Gasteiger partial charge on any atom is -0.475 e. The van der Waals surface area contributed by atoms with E-state index in [9.17, 15) is 9.59 Å². The molecule has 0 bridgehead atoms. The number of aryl methyl sites for hydroxylation is 1. The second kappa shape index (κ2) is 14.6. The molecule has 0 radical (unpaired) electrons. The van der Waals surface area contributed by atoms with Crippen LogP contribution < -0.4 is 5.73 Å². The minimum atomic E-state index is -0.443. The fraction of sp³-hybridized carbons (Fsp3) is 0.529. The molecule has 2 aromatic carbocycles. The smallest absolute Gasteiger partial charge is 0.334 e. The topological polar surface area (TPSA) is 127 Å². The Morgan fingerprint density at radius 2 is 1.30 bits per heavy atom. The third-order valence-corrected chi connectivity index (χ3v) is 8.70. The number of fused-ring (bicyclic) bond motifs is 3. The zero-order chi connectivity index (χ0) is 31.1. The largest absolute Gasteiger partial charge is 0.475 e. The van der Waals surface area contributed by atoms with E-state index in [1.165, 1.54) is 25.7 Å². The van der Waals surface area contributed by atoms with Crippen molar-refractivity contribution in [1.29, 1.82) is 0 Å². The lowest BCUT2D eigenvalue weighted by Gasteiger charge is -2.14. The molecule has 10 heteroatoms. The van der Waals surface area contributed by atoms with E-state index in [0.717, 1.165) is 47.5 Å². The number of nitrogens with zero attached hydrogens (tertiary/aromatic N) is 3. The molecule has 2 fully saturated rings. The minimum absolute atomic E-state index is 0.202. The molecular weight excluding hydrogens is 560 g/mol. The molecule has 0 aliphatic heterocycles. The Labute approximate surface area is 258 Å². The number of rotatable bonds is 11. The average molecular weight is 605 g/mol. The summed E-state index contributed by atoms with van der Waals surface area (Å²) in [5.41, 5.74) is 10.4. The molecular formula is C34H44N4O6. The van der Waals surface area contributed by atoms with Gasteiger partial charge in [0.2, 0.25) is 0 Å². The quantitative estimate of drug-likeness (QED) is 0.0818. The third kappa shape index (κ3) is 7.17. The number of oxime groups is 2. The van der Waals surface area contributed by atoms with Gasteiger partial charge in [-0.15, -0.1) is 0 Å². The third-order valence-electron chi connectivity index (χ3n) is 8.70. The molecule has 2 N–H and O–H groups in total. The molecule has 1 aromatic heterocycles. The number of carbonyl (C=O) groups excluding carboxylic acids is 2. The van der Waals surface area contributed by atoms with Crippen LogP contribution in [0.15, 0.2) is 40.6 Å². The van der Waals surface area contributed by atoms with Gasteiger partial charge in [0.15, 0.2) is 0 Å². The highest BCUT2D eigenvalue weighted by molar-refractivity contribution is 6.15. The van der Waals surface area contributed by atoms with E-state index in [2.05, 4.69) is 21.8 Å². The zero-order valence-electron chi connectivity index (χ0n) is 26.1. The summed E-state index contributed by atoms with van der Waals surface area (Å²) in [6.45, 7) is 7.23. The molecule has 0 atom stereocenters. The predicted octanol–water partition coefficient (Wildman–Crippen LogP) is 7.04. The molecule has 0 amide bonds. The van der Waals surface area contributed by atoms with E-state index in [4.69, 9.17) is 24.9 Å². The lowest BCUT2D eigenvalue weighted by atomic mass is 10.1. The number of anilines is 1. The molecule has 2 aliphatic carbocycles. The summed E-state index contributed by atoms with van der Waals surface area (Å²) in [6, 6.07) is 9.74. The Kier molecular flexibility index (Phi) is 10.4. The fourth-order valence-electron chi connectivity index (χ4n) is 6.24. The highest BCUT2D eigenvalue weighted by Gasteiger charge is 2.22. The summed E-state index contributed by atoms with van der Waals surface area (Å²) in [5, 5.41) is 10.1. The van der Waals surface area contributed by atoms with Crippen LogP contribution >= 0.6 is 0 Å². The summed E-state index contributed by atoms with van der Waals surface area (Å²) in [5.74, 6) is 0.531. The number of aromatic nitrogens is 1. The summed E-state index contributed by atoms with van der Waals surface area (Å²) in [6.07, 6.45) is 9.65. The van der Waals surface area contributed by atoms with Crippen LogP contribution in [0.3, 0.4) is 0 Å². The molecule has 2 saturated carbocycles. The SMILES string of the molecule is CCC(=O)O/N=C(\OCC1CCCC1)c1ccc2c(c1)c1cc(/C(=N/OC(=O)CC)OCC3CCCC3)cc(N)c1n2CC. The van der Waals surface area contributed by atoms with Crippen molar-refractivity contribution in [3.05, 3.63) is 41.5 Å². The maximum atomic E-state index is 12.0. The van der Waals surface area contributed by atoms with Crippen LogP contribution in [0.25, 0.3) is 21.8 Å². The van der Waals surface area contributed by atoms with Crippen molar-refractivity contribution >= 4 is 51.2 Å². The normalized spacial score (nSPS) is 16.6. The Morgan fingerprint density at radius 1 is 0.773 bits per heavy atom. The van der Waals surface area contributed by atoms with Gasteiger partial charge in [-0.1, -0.05) is 39.5 Å². The highest BCUT2D eigenvalue weighted by atomic mass is 16.7. The van der Waals surface area contributed by atoms with Crippen LogP contribution in [0.2, 0.25) is 0 Å². The number of nitrogen functional groups attached to an aromatic ring is 1.